The molecule has 0 fully saturated rings. The Morgan fingerprint density at radius 2 is 2.11 bits per heavy atom. The Labute approximate surface area is 131 Å². The fourth-order valence-corrected chi connectivity index (χ4v) is 2.69. The number of rotatable bonds is 3. The summed E-state index contributed by atoms with van der Waals surface area (Å²) in [4.78, 5) is 19.8. The van der Waals surface area contributed by atoms with Gasteiger partial charge in [0.2, 0.25) is 0 Å². The van der Waals surface area contributed by atoms with E-state index in [0.717, 1.165) is 8.04 Å². The normalized spacial score (nSPS) is 10.1. The molecule has 0 saturated heterocycles. The van der Waals surface area contributed by atoms with Crippen LogP contribution in [0.3, 0.4) is 0 Å². The van der Waals surface area contributed by atoms with Gasteiger partial charge in [-0.15, -0.1) is 0 Å². The lowest BCUT2D eigenvalue weighted by Crippen LogP contribution is -2.15. The van der Waals surface area contributed by atoms with Crippen molar-refractivity contribution >= 4 is 55.9 Å². The summed E-state index contributed by atoms with van der Waals surface area (Å²) >= 11 is 5.58. The molecule has 2 rings (SSSR count). The van der Waals surface area contributed by atoms with Gasteiger partial charge in [-0.05, 0) is 56.7 Å². The predicted octanol–water partition coefficient (Wildman–Crippen LogP) is 2.38. The van der Waals surface area contributed by atoms with Crippen molar-refractivity contribution in [3.8, 4) is 0 Å². The molecule has 0 aliphatic carbocycles. The smallest absolute Gasteiger partial charge is 0.275 e. The highest BCUT2D eigenvalue weighted by atomic mass is 127. The number of amides is 1. The maximum Gasteiger partial charge on any atom is 0.275 e. The van der Waals surface area contributed by atoms with Crippen LogP contribution in [0.5, 0.6) is 0 Å². The first-order chi connectivity index (χ1) is 9.10. The molecule has 19 heavy (non-hydrogen) atoms. The number of aromatic nitrogens is 2. The molecule has 0 radical (unpaired) electrons. The predicted molar refractivity (Wildman–Crippen MR) is 84.7 cm³/mol. The Bertz CT molecular complexity index is 605. The standard InChI is InChI=1S/C11H9BrIN5O/c12-7-3-6(13)1-2-8(7)17-11(19)9-4-16-10(18-14)5-15-9/h1-5H,14H2,(H,16,18)(H,17,19). The van der Waals surface area contributed by atoms with Gasteiger partial charge in [-0.1, -0.05) is 0 Å². The highest BCUT2D eigenvalue weighted by Gasteiger charge is 2.10. The molecule has 0 bridgehead atoms. The van der Waals surface area contributed by atoms with E-state index in [1.807, 2.05) is 18.2 Å². The maximum atomic E-state index is 12.0. The summed E-state index contributed by atoms with van der Waals surface area (Å²) in [6, 6.07) is 5.62. The van der Waals surface area contributed by atoms with Crippen LogP contribution in [0.25, 0.3) is 0 Å². The molecule has 2 aromatic rings. The third-order valence-corrected chi connectivity index (χ3v) is 3.54. The number of benzene rings is 1. The second kappa shape index (κ2) is 6.26. The molecule has 1 aromatic heterocycles. The van der Waals surface area contributed by atoms with E-state index in [-0.39, 0.29) is 11.6 Å². The van der Waals surface area contributed by atoms with Gasteiger partial charge in [0.25, 0.3) is 5.91 Å². The van der Waals surface area contributed by atoms with Gasteiger partial charge in [-0.25, -0.2) is 15.8 Å². The summed E-state index contributed by atoms with van der Waals surface area (Å²) in [5.41, 5.74) is 3.23. The molecule has 8 heteroatoms. The van der Waals surface area contributed by atoms with Crippen molar-refractivity contribution in [3.63, 3.8) is 0 Å². The molecule has 4 N–H and O–H groups in total. The van der Waals surface area contributed by atoms with E-state index in [2.05, 4.69) is 59.2 Å². The lowest BCUT2D eigenvalue weighted by molar-refractivity contribution is 0.102. The maximum absolute atomic E-state index is 12.0. The van der Waals surface area contributed by atoms with Gasteiger partial charge < -0.3 is 10.7 Å². The number of nitrogen functional groups attached to an aromatic ring is 1. The quantitative estimate of drug-likeness (QED) is 0.392. The molecule has 1 aromatic carbocycles. The molecule has 0 unspecified atom stereocenters. The molecule has 0 aliphatic rings. The summed E-state index contributed by atoms with van der Waals surface area (Å²) in [5.74, 6) is 5.23. The van der Waals surface area contributed by atoms with Crippen LogP contribution < -0.4 is 16.6 Å². The van der Waals surface area contributed by atoms with Crippen LogP contribution in [0.1, 0.15) is 10.5 Å². The zero-order chi connectivity index (χ0) is 13.8. The number of nitrogens with one attached hydrogen (secondary N) is 2. The summed E-state index contributed by atoms with van der Waals surface area (Å²) in [6.45, 7) is 0. The molecular weight excluding hydrogens is 425 g/mol. The topological polar surface area (TPSA) is 92.9 Å². The Hall–Kier alpha value is -1.26. The molecule has 1 amide bonds. The average molecular weight is 434 g/mol. The fraction of sp³-hybridized carbons (Fsp3) is 0. The summed E-state index contributed by atoms with van der Waals surface area (Å²) in [6.07, 6.45) is 2.74. The first-order valence-corrected chi connectivity index (χ1v) is 7.02. The van der Waals surface area contributed by atoms with Gasteiger partial charge in [0.15, 0.2) is 5.82 Å². The van der Waals surface area contributed by atoms with Crippen LogP contribution in [-0.2, 0) is 0 Å². The third kappa shape index (κ3) is 3.61. The van der Waals surface area contributed by atoms with E-state index < -0.39 is 0 Å². The van der Waals surface area contributed by atoms with Crippen LogP contribution in [0.4, 0.5) is 11.5 Å². The Kier molecular flexibility index (Phi) is 4.66. The zero-order valence-electron chi connectivity index (χ0n) is 9.52. The van der Waals surface area contributed by atoms with Crippen LogP contribution in [0.2, 0.25) is 0 Å². The second-order valence-electron chi connectivity index (χ2n) is 3.51. The number of anilines is 2. The largest absolute Gasteiger partial charge is 0.320 e. The number of halogens is 2. The molecular formula is C11H9BrIN5O. The van der Waals surface area contributed by atoms with Gasteiger partial charge in [0, 0.05) is 8.04 Å². The number of hydrogen-bond acceptors (Lipinski definition) is 5. The van der Waals surface area contributed by atoms with E-state index in [0.29, 0.717) is 11.5 Å². The van der Waals surface area contributed by atoms with E-state index in [9.17, 15) is 4.79 Å². The minimum Gasteiger partial charge on any atom is -0.320 e. The summed E-state index contributed by atoms with van der Waals surface area (Å²) < 4.78 is 1.88. The third-order valence-electron chi connectivity index (χ3n) is 2.21. The van der Waals surface area contributed by atoms with Crippen molar-refractivity contribution in [1.29, 1.82) is 0 Å². The minimum absolute atomic E-state index is 0.212. The van der Waals surface area contributed by atoms with E-state index in [1.54, 1.807) is 0 Å². The molecule has 0 aliphatic heterocycles. The van der Waals surface area contributed by atoms with Gasteiger partial charge in [0.05, 0.1) is 18.1 Å². The van der Waals surface area contributed by atoms with E-state index >= 15 is 0 Å². The highest BCUT2D eigenvalue weighted by molar-refractivity contribution is 14.1. The van der Waals surface area contributed by atoms with Gasteiger partial charge >= 0.3 is 0 Å². The monoisotopic (exact) mass is 433 g/mol. The van der Waals surface area contributed by atoms with E-state index in [1.165, 1.54) is 12.4 Å². The summed E-state index contributed by atoms with van der Waals surface area (Å²) in [5, 5.41) is 2.75. The van der Waals surface area contributed by atoms with Crippen molar-refractivity contribution in [2.45, 2.75) is 0 Å². The number of hydrogen-bond donors (Lipinski definition) is 3. The van der Waals surface area contributed by atoms with Crippen LogP contribution in [-0.4, -0.2) is 15.9 Å². The van der Waals surface area contributed by atoms with Crippen molar-refractivity contribution < 1.29 is 4.79 Å². The van der Waals surface area contributed by atoms with Crippen molar-refractivity contribution in [2.24, 2.45) is 5.84 Å². The van der Waals surface area contributed by atoms with Crippen LogP contribution >= 0.6 is 38.5 Å². The average Bonchev–Trinajstić information content (AvgIpc) is 2.42. The highest BCUT2D eigenvalue weighted by Crippen LogP contribution is 2.24. The Morgan fingerprint density at radius 3 is 2.68 bits per heavy atom. The zero-order valence-corrected chi connectivity index (χ0v) is 13.3. The van der Waals surface area contributed by atoms with Crippen LogP contribution in [0.15, 0.2) is 35.1 Å². The first-order valence-electron chi connectivity index (χ1n) is 5.15. The lowest BCUT2D eigenvalue weighted by Gasteiger charge is -2.07. The van der Waals surface area contributed by atoms with Crippen molar-refractivity contribution in [2.75, 3.05) is 10.7 Å². The minimum atomic E-state index is -0.335. The Morgan fingerprint density at radius 1 is 1.32 bits per heavy atom. The van der Waals surface area contributed by atoms with E-state index in [4.69, 9.17) is 5.84 Å². The fourth-order valence-electron chi connectivity index (χ4n) is 1.30. The Balaban J connectivity index is 2.15. The molecule has 6 nitrogen and oxygen atoms in total. The molecule has 0 saturated carbocycles. The van der Waals surface area contributed by atoms with Gasteiger partial charge in [0.1, 0.15) is 5.69 Å². The molecule has 1 heterocycles. The number of nitrogens with two attached hydrogens (primary N) is 1. The molecule has 0 spiro atoms. The second-order valence-corrected chi connectivity index (χ2v) is 5.61. The van der Waals surface area contributed by atoms with Crippen LogP contribution in [0, 0.1) is 3.57 Å². The van der Waals surface area contributed by atoms with Gasteiger partial charge in [-0.2, -0.15) is 0 Å². The lowest BCUT2D eigenvalue weighted by atomic mass is 10.3. The first kappa shape index (κ1) is 14.2. The summed E-state index contributed by atoms with van der Waals surface area (Å²) in [7, 11) is 0. The van der Waals surface area contributed by atoms with Crippen molar-refractivity contribution in [3.05, 3.63) is 44.3 Å². The number of nitrogens with zero attached hydrogens (tertiary/aromatic N) is 2. The number of carbonyl (C=O) groups is 1. The molecule has 98 valence electrons. The number of hydrazine groups is 1. The SMILES string of the molecule is NNc1cnc(C(=O)Nc2ccc(I)cc2Br)cn1. The van der Waals surface area contributed by atoms with Gasteiger partial charge in [-0.3, -0.25) is 4.79 Å². The van der Waals surface area contributed by atoms with Crippen molar-refractivity contribution in [1.82, 2.24) is 9.97 Å². The number of carbonyl (C=O) groups excluding carboxylic acids is 1. The molecule has 0 atom stereocenters.